The highest BCUT2D eigenvalue weighted by Gasteiger charge is 2.28. The van der Waals surface area contributed by atoms with Crippen molar-refractivity contribution in [3.8, 4) is 0 Å². The minimum absolute atomic E-state index is 0.0127. The van der Waals surface area contributed by atoms with E-state index in [4.69, 9.17) is 5.73 Å². The minimum Gasteiger partial charge on any atom is -0.382 e. The summed E-state index contributed by atoms with van der Waals surface area (Å²) in [6.07, 6.45) is 5.36. The lowest BCUT2D eigenvalue weighted by atomic mass is 10.0. The van der Waals surface area contributed by atoms with Crippen LogP contribution in [0.25, 0.3) is 11.1 Å². The van der Waals surface area contributed by atoms with E-state index in [1.54, 1.807) is 11.8 Å². The summed E-state index contributed by atoms with van der Waals surface area (Å²) in [4.78, 5) is 34.8. The topological polar surface area (TPSA) is 109 Å². The number of carbonyl (C=O) groups is 2. The fourth-order valence-corrected chi connectivity index (χ4v) is 6.43. The zero-order valence-corrected chi connectivity index (χ0v) is 21.4. The molecule has 11 heteroatoms. The fourth-order valence-electron chi connectivity index (χ4n) is 4.70. The minimum atomic E-state index is -0.0532. The van der Waals surface area contributed by atoms with Gasteiger partial charge in [0.05, 0.1) is 11.4 Å². The average molecular weight is 544 g/mol. The Kier molecular flexibility index (Phi) is 6.07. The molecular formula is C23H26BrN7O2S. The first-order chi connectivity index (χ1) is 16.3. The number of amides is 2. The Labute approximate surface area is 209 Å². The van der Waals surface area contributed by atoms with Crippen molar-refractivity contribution in [2.75, 3.05) is 36.8 Å². The SMILES string of the molecule is CC(=O)N1CC=C(c2cc(N3CCC[C@@H](NC(=O)c4sc(C)cc4Br)C3)c3c(N)ncnn23)C1. The second-order valence-corrected chi connectivity index (χ2v) is 10.9. The standard InChI is InChI=1S/C23H26BrN7O2S/c1-13-8-17(24)21(34-13)23(33)28-16-4-3-6-30(11-16)19-9-18(15-5-7-29(10-15)14(2)32)31-20(19)22(25)26-12-27-31/h5,8-9,12,16H,3-4,6-7,10-11H2,1-2H3,(H,28,33)(H2,25,26,27)/t16-/m1/s1. The summed E-state index contributed by atoms with van der Waals surface area (Å²) in [7, 11) is 0. The van der Waals surface area contributed by atoms with Gasteiger partial charge in [0.15, 0.2) is 5.82 Å². The van der Waals surface area contributed by atoms with Gasteiger partial charge in [-0.1, -0.05) is 6.08 Å². The average Bonchev–Trinajstić information content (AvgIpc) is 3.51. The van der Waals surface area contributed by atoms with E-state index in [1.807, 2.05) is 17.5 Å². The largest absolute Gasteiger partial charge is 0.382 e. The van der Waals surface area contributed by atoms with Gasteiger partial charge in [-0.2, -0.15) is 5.10 Å². The number of piperidine rings is 1. The molecule has 3 N–H and O–H groups in total. The van der Waals surface area contributed by atoms with Crippen molar-refractivity contribution < 1.29 is 9.59 Å². The fraction of sp³-hybridized carbons (Fsp3) is 0.391. The molecule has 1 atom stereocenters. The Balaban J connectivity index is 1.42. The Bertz CT molecular complexity index is 1310. The number of aryl methyl sites for hydroxylation is 1. The number of nitrogens with two attached hydrogens (primary N) is 1. The number of hydrogen-bond acceptors (Lipinski definition) is 7. The normalized spacial score (nSPS) is 18.4. The molecule has 2 amide bonds. The van der Waals surface area contributed by atoms with Crippen LogP contribution in [0, 0.1) is 6.92 Å². The molecule has 0 spiro atoms. The maximum Gasteiger partial charge on any atom is 0.262 e. The van der Waals surface area contributed by atoms with Gasteiger partial charge in [-0.25, -0.2) is 9.50 Å². The number of carbonyl (C=O) groups excluding carboxylic acids is 2. The number of nitrogens with one attached hydrogen (secondary N) is 1. The zero-order chi connectivity index (χ0) is 24.0. The first-order valence-electron chi connectivity index (χ1n) is 11.2. The summed E-state index contributed by atoms with van der Waals surface area (Å²) in [5, 5.41) is 7.68. The molecule has 0 bridgehead atoms. The van der Waals surface area contributed by atoms with Crippen molar-refractivity contribution in [3.63, 3.8) is 0 Å². The zero-order valence-electron chi connectivity index (χ0n) is 19.0. The summed E-state index contributed by atoms with van der Waals surface area (Å²) >= 11 is 4.98. The quantitative estimate of drug-likeness (QED) is 0.523. The van der Waals surface area contributed by atoms with Gasteiger partial charge in [0.1, 0.15) is 16.7 Å². The van der Waals surface area contributed by atoms with Gasteiger partial charge in [-0.15, -0.1) is 11.3 Å². The van der Waals surface area contributed by atoms with Crippen LogP contribution in [0.5, 0.6) is 0 Å². The van der Waals surface area contributed by atoms with Gasteiger partial charge >= 0.3 is 0 Å². The third kappa shape index (κ3) is 4.18. The first kappa shape index (κ1) is 22.9. The van der Waals surface area contributed by atoms with E-state index in [-0.39, 0.29) is 17.9 Å². The maximum absolute atomic E-state index is 12.9. The molecular weight excluding hydrogens is 518 g/mol. The highest BCUT2D eigenvalue weighted by Crippen LogP contribution is 2.35. The predicted molar refractivity (Wildman–Crippen MR) is 137 cm³/mol. The van der Waals surface area contributed by atoms with Crippen LogP contribution in [0.4, 0.5) is 11.5 Å². The smallest absolute Gasteiger partial charge is 0.262 e. The second-order valence-electron chi connectivity index (χ2n) is 8.74. The van der Waals surface area contributed by atoms with Crippen molar-refractivity contribution in [2.24, 2.45) is 0 Å². The van der Waals surface area contributed by atoms with Gasteiger partial charge in [0, 0.05) is 48.5 Å². The number of rotatable bonds is 4. The van der Waals surface area contributed by atoms with Crippen LogP contribution in [0.2, 0.25) is 0 Å². The van der Waals surface area contributed by atoms with Gasteiger partial charge in [0.25, 0.3) is 5.91 Å². The van der Waals surface area contributed by atoms with E-state index in [2.05, 4.69) is 48.4 Å². The molecule has 1 fully saturated rings. The summed E-state index contributed by atoms with van der Waals surface area (Å²) in [6.45, 7) is 6.21. The summed E-state index contributed by atoms with van der Waals surface area (Å²) in [5.41, 5.74) is 9.95. The molecule has 178 valence electrons. The van der Waals surface area contributed by atoms with E-state index < -0.39 is 0 Å². The third-order valence-electron chi connectivity index (χ3n) is 6.37. The number of nitrogen functional groups attached to an aromatic ring is 1. The first-order valence-corrected chi connectivity index (χ1v) is 12.8. The Morgan fingerprint density at radius 1 is 1.32 bits per heavy atom. The van der Waals surface area contributed by atoms with E-state index in [0.29, 0.717) is 30.3 Å². The van der Waals surface area contributed by atoms with Gasteiger partial charge in [-0.05, 0) is 53.4 Å². The number of halogens is 1. The lowest BCUT2D eigenvalue weighted by Crippen LogP contribution is -2.47. The highest BCUT2D eigenvalue weighted by molar-refractivity contribution is 9.10. The van der Waals surface area contributed by atoms with Crippen LogP contribution in [0.15, 0.2) is 29.0 Å². The van der Waals surface area contributed by atoms with Crippen molar-refractivity contribution >= 4 is 61.7 Å². The van der Waals surface area contributed by atoms with Crippen molar-refractivity contribution in [1.29, 1.82) is 0 Å². The van der Waals surface area contributed by atoms with Crippen LogP contribution < -0.4 is 16.0 Å². The maximum atomic E-state index is 12.9. The summed E-state index contributed by atoms with van der Waals surface area (Å²) in [6, 6.07) is 4.06. The molecule has 0 aliphatic carbocycles. The second kappa shape index (κ2) is 9.03. The Morgan fingerprint density at radius 2 is 2.15 bits per heavy atom. The molecule has 34 heavy (non-hydrogen) atoms. The lowest BCUT2D eigenvalue weighted by molar-refractivity contribution is -0.127. The van der Waals surface area contributed by atoms with Crippen molar-refractivity contribution in [3.05, 3.63) is 44.5 Å². The molecule has 0 aromatic carbocycles. The number of thiophene rings is 1. The molecule has 0 unspecified atom stereocenters. The van der Waals surface area contributed by atoms with Crippen molar-refractivity contribution in [1.82, 2.24) is 24.8 Å². The Morgan fingerprint density at radius 3 is 2.85 bits per heavy atom. The molecule has 5 rings (SSSR count). The van der Waals surface area contributed by atoms with Crippen LogP contribution in [0.3, 0.4) is 0 Å². The number of aromatic nitrogens is 3. The summed E-state index contributed by atoms with van der Waals surface area (Å²) < 4.78 is 2.65. The molecule has 5 heterocycles. The van der Waals surface area contributed by atoms with Crippen molar-refractivity contribution in [2.45, 2.75) is 32.7 Å². The highest BCUT2D eigenvalue weighted by atomic mass is 79.9. The summed E-state index contributed by atoms with van der Waals surface area (Å²) in [5.74, 6) is 0.397. The van der Waals surface area contributed by atoms with Gasteiger partial charge < -0.3 is 20.9 Å². The van der Waals surface area contributed by atoms with Crippen LogP contribution in [0.1, 0.15) is 40.0 Å². The third-order valence-corrected chi connectivity index (χ3v) is 8.31. The monoisotopic (exact) mass is 543 g/mol. The van der Waals surface area contributed by atoms with Crippen LogP contribution in [-0.4, -0.2) is 63.5 Å². The predicted octanol–water partition coefficient (Wildman–Crippen LogP) is 3.09. The number of anilines is 2. The lowest BCUT2D eigenvalue weighted by Gasteiger charge is -2.34. The van der Waals surface area contributed by atoms with E-state index >= 15 is 0 Å². The van der Waals surface area contributed by atoms with Crippen LogP contribution in [-0.2, 0) is 4.79 Å². The van der Waals surface area contributed by atoms with E-state index in [9.17, 15) is 9.59 Å². The molecule has 2 aliphatic heterocycles. The number of nitrogens with zero attached hydrogens (tertiary/aromatic N) is 5. The van der Waals surface area contributed by atoms with Gasteiger partial charge in [-0.3, -0.25) is 9.59 Å². The molecule has 0 saturated carbocycles. The molecule has 0 radical (unpaired) electrons. The molecule has 3 aromatic rings. The van der Waals surface area contributed by atoms with Gasteiger partial charge in [0.2, 0.25) is 5.91 Å². The molecule has 2 aliphatic rings. The molecule has 3 aromatic heterocycles. The molecule has 9 nitrogen and oxygen atoms in total. The molecule has 1 saturated heterocycles. The number of hydrogen-bond donors (Lipinski definition) is 2. The van der Waals surface area contributed by atoms with Crippen LogP contribution >= 0.6 is 27.3 Å². The van der Waals surface area contributed by atoms with E-state index in [1.165, 1.54) is 17.7 Å². The number of fused-ring (bicyclic) bond motifs is 1. The van der Waals surface area contributed by atoms with E-state index in [0.717, 1.165) is 51.2 Å². The Hall–Kier alpha value is -2.92.